The summed E-state index contributed by atoms with van der Waals surface area (Å²) in [5, 5.41) is 0. The predicted molar refractivity (Wildman–Crippen MR) is 112 cm³/mol. The van der Waals surface area contributed by atoms with Gasteiger partial charge in [0, 0.05) is 63.1 Å². The average Bonchev–Trinajstić information content (AvgIpc) is 3.54. The van der Waals surface area contributed by atoms with Crippen molar-refractivity contribution in [1.82, 2.24) is 14.8 Å². The monoisotopic (exact) mass is 378 g/mol. The van der Waals surface area contributed by atoms with E-state index in [1.54, 1.807) is 0 Å². The Morgan fingerprint density at radius 2 is 1.75 bits per heavy atom. The van der Waals surface area contributed by atoms with E-state index >= 15 is 0 Å². The molecule has 0 atom stereocenters. The van der Waals surface area contributed by atoms with Gasteiger partial charge in [0.25, 0.3) is 0 Å². The Morgan fingerprint density at radius 1 is 1.04 bits per heavy atom. The fourth-order valence-corrected chi connectivity index (χ4v) is 4.24. The van der Waals surface area contributed by atoms with Gasteiger partial charge in [0.2, 0.25) is 5.91 Å². The minimum absolute atomic E-state index is 0.164. The maximum atomic E-state index is 12.6. The van der Waals surface area contributed by atoms with Crippen molar-refractivity contribution >= 4 is 11.6 Å². The average molecular weight is 379 g/mol. The summed E-state index contributed by atoms with van der Waals surface area (Å²) in [6, 6.07) is 16.3. The second-order valence-electron chi connectivity index (χ2n) is 7.98. The molecule has 0 unspecified atom stereocenters. The van der Waals surface area contributed by atoms with Crippen LogP contribution in [0.5, 0.6) is 0 Å². The first-order valence-corrected chi connectivity index (χ1v) is 10.4. The Kier molecular flexibility index (Phi) is 5.74. The van der Waals surface area contributed by atoms with Gasteiger partial charge in [0.05, 0.1) is 5.69 Å². The van der Waals surface area contributed by atoms with Crippen LogP contribution >= 0.6 is 0 Å². The van der Waals surface area contributed by atoms with Crippen molar-refractivity contribution in [2.75, 3.05) is 37.6 Å². The Labute approximate surface area is 168 Å². The van der Waals surface area contributed by atoms with Crippen LogP contribution in [-0.4, -0.2) is 59.0 Å². The highest BCUT2D eigenvalue weighted by atomic mass is 16.2. The van der Waals surface area contributed by atoms with Gasteiger partial charge >= 0.3 is 0 Å². The molecule has 5 heteroatoms. The van der Waals surface area contributed by atoms with E-state index in [4.69, 9.17) is 0 Å². The normalized spacial score (nSPS) is 19.3. The number of aromatic nitrogens is 1. The molecule has 0 spiro atoms. The molecule has 1 aliphatic carbocycles. The molecule has 1 aromatic heterocycles. The molecule has 148 valence electrons. The van der Waals surface area contributed by atoms with Crippen LogP contribution in [0.15, 0.2) is 54.7 Å². The van der Waals surface area contributed by atoms with Crippen LogP contribution in [0.1, 0.15) is 31.9 Å². The number of carbonyl (C=O) groups excluding carboxylic acids is 1. The molecular formula is C23H30N4O. The molecule has 1 saturated heterocycles. The molecule has 1 aliphatic heterocycles. The number of piperazine rings is 1. The van der Waals surface area contributed by atoms with Crippen LogP contribution in [-0.2, 0) is 11.3 Å². The number of benzene rings is 1. The third kappa shape index (κ3) is 4.26. The lowest BCUT2D eigenvalue weighted by molar-refractivity contribution is -0.118. The summed E-state index contributed by atoms with van der Waals surface area (Å²) >= 11 is 0. The summed E-state index contributed by atoms with van der Waals surface area (Å²) in [5.41, 5.74) is 2.33. The molecule has 28 heavy (non-hydrogen) atoms. The lowest BCUT2D eigenvalue weighted by Crippen LogP contribution is -2.55. The van der Waals surface area contributed by atoms with Gasteiger partial charge in [-0.15, -0.1) is 0 Å². The Bertz CT molecular complexity index is 768. The molecule has 1 saturated carbocycles. The number of carbonyl (C=O) groups is 1. The Morgan fingerprint density at radius 3 is 2.36 bits per heavy atom. The zero-order valence-corrected chi connectivity index (χ0v) is 16.8. The zero-order chi connectivity index (χ0) is 19.4. The first kappa shape index (κ1) is 19.1. The quantitative estimate of drug-likeness (QED) is 0.742. The molecule has 2 aliphatic rings. The third-order valence-corrected chi connectivity index (χ3v) is 6.11. The van der Waals surface area contributed by atoms with Crippen molar-refractivity contribution in [3.05, 3.63) is 60.4 Å². The highest BCUT2D eigenvalue weighted by Crippen LogP contribution is 2.43. The summed E-state index contributed by atoms with van der Waals surface area (Å²) in [6.45, 7) is 7.94. The maximum absolute atomic E-state index is 12.6. The second kappa shape index (κ2) is 8.41. The number of hydrogen-bond acceptors (Lipinski definition) is 4. The summed E-state index contributed by atoms with van der Waals surface area (Å²) in [7, 11) is 0. The molecule has 2 heterocycles. The topological polar surface area (TPSA) is 39.7 Å². The standard InChI is InChI=1S/C23H30N4O/c1-2-22(28)27(21-9-4-3-5-10-21)19-23(11-12-23)26-16-14-25(15-17-26)18-20-8-6-7-13-24-20/h3-10,13H,2,11-12,14-19H2,1H3. The number of para-hydroxylation sites is 1. The number of anilines is 1. The third-order valence-electron chi connectivity index (χ3n) is 6.11. The van der Waals surface area contributed by atoms with Crippen molar-refractivity contribution in [3.8, 4) is 0 Å². The number of hydrogen-bond donors (Lipinski definition) is 0. The van der Waals surface area contributed by atoms with E-state index in [9.17, 15) is 4.79 Å². The van der Waals surface area contributed by atoms with Gasteiger partial charge in [-0.3, -0.25) is 19.6 Å². The molecule has 2 aromatic rings. The van der Waals surface area contributed by atoms with E-state index in [1.807, 2.05) is 42.3 Å². The smallest absolute Gasteiger partial charge is 0.226 e. The number of rotatable bonds is 7. The first-order valence-electron chi connectivity index (χ1n) is 10.4. The predicted octanol–water partition coefficient (Wildman–Crippen LogP) is 3.18. The molecule has 2 fully saturated rings. The van der Waals surface area contributed by atoms with Crippen LogP contribution in [0.4, 0.5) is 5.69 Å². The van der Waals surface area contributed by atoms with Crippen LogP contribution in [0, 0.1) is 0 Å². The first-order chi connectivity index (χ1) is 13.7. The molecule has 0 bridgehead atoms. The maximum Gasteiger partial charge on any atom is 0.226 e. The van der Waals surface area contributed by atoms with Crippen LogP contribution in [0.3, 0.4) is 0 Å². The van der Waals surface area contributed by atoms with Gasteiger partial charge in [-0.1, -0.05) is 31.2 Å². The van der Waals surface area contributed by atoms with Crippen molar-refractivity contribution < 1.29 is 4.79 Å². The molecule has 0 radical (unpaired) electrons. The second-order valence-corrected chi connectivity index (χ2v) is 7.98. The van der Waals surface area contributed by atoms with Crippen LogP contribution in [0.25, 0.3) is 0 Å². The van der Waals surface area contributed by atoms with Gasteiger partial charge in [0.15, 0.2) is 0 Å². The van der Waals surface area contributed by atoms with E-state index < -0.39 is 0 Å². The Hall–Kier alpha value is -2.24. The summed E-state index contributed by atoms with van der Waals surface area (Å²) < 4.78 is 0. The molecule has 5 nitrogen and oxygen atoms in total. The van der Waals surface area contributed by atoms with E-state index in [2.05, 4.69) is 39.0 Å². The van der Waals surface area contributed by atoms with Gasteiger partial charge in [-0.25, -0.2) is 0 Å². The number of pyridine rings is 1. The van der Waals surface area contributed by atoms with Crippen LogP contribution in [0.2, 0.25) is 0 Å². The highest BCUT2D eigenvalue weighted by Gasteiger charge is 2.50. The number of amides is 1. The van der Waals surface area contributed by atoms with Gasteiger partial charge < -0.3 is 4.90 Å². The molecule has 1 amide bonds. The van der Waals surface area contributed by atoms with E-state index in [-0.39, 0.29) is 11.4 Å². The van der Waals surface area contributed by atoms with E-state index in [0.717, 1.165) is 50.6 Å². The lowest BCUT2D eigenvalue weighted by Gasteiger charge is -2.41. The van der Waals surface area contributed by atoms with E-state index in [1.165, 1.54) is 12.8 Å². The molecule has 0 N–H and O–H groups in total. The lowest BCUT2D eigenvalue weighted by atomic mass is 10.1. The zero-order valence-electron chi connectivity index (χ0n) is 16.8. The fourth-order valence-electron chi connectivity index (χ4n) is 4.24. The summed E-state index contributed by atoms with van der Waals surface area (Å²) in [5.74, 6) is 0.214. The number of nitrogens with zero attached hydrogens (tertiary/aromatic N) is 4. The highest BCUT2D eigenvalue weighted by molar-refractivity contribution is 5.93. The van der Waals surface area contributed by atoms with Gasteiger partial charge in [0.1, 0.15) is 0 Å². The summed E-state index contributed by atoms with van der Waals surface area (Å²) in [4.78, 5) is 24.2. The fraction of sp³-hybridized carbons (Fsp3) is 0.478. The molecule has 4 rings (SSSR count). The minimum Gasteiger partial charge on any atom is -0.311 e. The minimum atomic E-state index is 0.164. The van der Waals surface area contributed by atoms with Crippen molar-refractivity contribution in [3.63, 3.8) is 0 Å². The van der Waals surface area contributed by atoms with Crippen molar-refractivity contribution in [2.24, 2.45) is 0 Å². The largest absolute Gasteiger partial charge is 0.311 e. The Balaban J connectivity index is 1.38. The molecular weight excluding hydrogens is 348 g/mol. The molecule has 1 aromatic carbocycles. The van der Waals surface area contributed by atoms with Crippen molar-refractivity contribution in [2.45, 2.75) is 38.3 Å². The SMILES string of the molecule is CCC(=O)N(CC1(N2CCN(Cc3ccccn3)CC2)CC1)c1ccccc1. The van der Waals surface area contributed by atoms with Gasteiger partial charge in [-0.05, 0) is 37.1 Å². The summed E-state index contributed by atoms with van der Waals surface area (Å²) in [6.07, 6.45) is 4.79. The van der Waals surface area contributed by atoms with Crippen LogP contribution < -0.4 is 4.90 Å². The van der Waals surface area contributed by atoms with E-state index in [0.29, 0.717) is 6.42 Å². The van der Waals surface area contributed by atoms with Gasteiger partial charge in [-0.2, -0.15) is 0 Å². The van der Waals surface area contributed by atoms with Crippen molar-refractivity contribution in [1.29, 1.82) is 0 Å².